The summed E-state index contributed by atoms with van der Waals surface area (Å²) in [5.41, 5.74) is 0. The molecule has 0 N–H and O–H groups in total. The fourth-order valence-corrected chi connectivity index (χ4v) is 2.27. The van der Waals surface area contributed by atoms with Crippen molar-refractivity contribution in [1.82, 2.24) is 0 Å². The second kappa shape index (κ2) is 4.01. The average Bonchev–Trinajstić information content (AvgIpc) is 2.03. The Morgan fingerprint density at radius 1 is 1.33 bits per heavy atom. The van der Waals surface area contributed by atoms with Crippen molar-refractivity contribution >= 4 is 0 Å². The van der Waals surface area contributed by atoms with E-state index in [2.05, 4.69) is 25.9 Å². The lowest BCUT2D eigenvalue weighted by molar-refractivity contribution is 0.200. The summed E-state index contributed by atoms with van der Waals surface area (Å²) in [5.74, 6) is 1.85. The van der Waals surface area contributed by atoms with Crippen LogP contribution in [0, 0.1) is 22.7 Å². The van der Waals surface area contributed by atoms with Gasteiger partial charge in [0.15, 0.2) is 0 Å². The van der Waals surface area contributed by atoms with Gasteiger partial charge in [0.25, 0.3) is 0 Å². The van der Waals surface area contributed by atoms with Crippen molar-refractivity contribution in [1.29, 1.82) is 0 Å². The lowest BCUT2D eigenvalue weighted by Gasteiger charge is -2.32. The molecule has 0 aromatic carbocycles. The van der Waals surface area contributed by atoms with Gasteiger partial charge in [-0.3, -0.25) is 0 Å². The van der Waals surface area contributed by atoms with Crippen LogP contribution in [0.3, 0.4) is 0 Å². The van der Waals surface area contributed by atoms with Crippen molar-refractivity contribution in [2.24, 2.45) is 22.9 Å². The summed E-state index contributed by atoms with van der Waals surface area (Å²) in [7, 11) is 0. The monoisotopic (exact) mass is 169 g/mol. The van der Waals surface area contributed by atoms with Gasteiger partial charge in [-0.2, -0.15) is 4.91 Å². The molecule has 1 aliphatic rings. The Morgan fingerprint density at radius 3 is 2.50 bits per heavy atom. The van der Waals surface area contributed by atoms with Crippen LogP contribution < -0.4 is 0 Å². The first-order valence-electron chi connectivity index (χ1n) is 4.97. The highest BCUT2D eigenvalue weighted by molar-refractivity contribution is 4.84. The molecule has 0 radical (unpaired) electrons. The van der Waals surface area contributed by atoms with Gasteiger partial charge in [-0.05, 0) is 30.6 Å². The summed E-state index contributed by atoms with van der Waals surface area (Å²) < 4.78 is 0. The Kier molecular flexibility index (Phi) is 3.24. The van der Waals surface area contributed by atoms with Gasteiger partial charge in [0, 0.05) is 0 Å². The van der Waals surface area contributed by atoms with Crippen molar-refractivity contribution in [3.63, 3.8) is 0 Å². The summed E-state index contributed by atoms with van der Waals surface area (Å²) in [6.07, 6.45) is 3.47. The standard InChI is InChI=1S/C10H19NO/c1-7(2)9-5-4-8(3)6-10(9)11-12/h7-10H,4-6H2,1-3H3/t8-,9?,10?/m0/s1. The van der Waals surface area contributed by atoms with Gasteiger partial charge in [0.2, 0.25) is 0 Å². The summed E-state index contributed by atoms with van der Waals surface area (Å²) in [4.78, 5) is 10.6. The molecule has 0 amide bonds. The van der Waals surface area contributed by atoms with Crippen molar-refractivity contribution < 1.29 is 0 Å². The molecule has 12 heavy (non-hydrogen) atoms. The molecule has 1 rings (SSSR count). The third-order valence-electron chi connectivity index (χ3n) is 3.12. The van der Waals surface area contributed by atoms with Crippen LogP contribution in [0.25, 0.3) is 0 Å². The summed E-state index contributed by atoms with van der Waals surface area (Å²) >= 11 is 0. The predicted octanol–water partition coefficient (Wildman–Crippen LogP) is 3.21. The molecule has 0 aromatic rings. The number of hydrogen-bond acceptors (Lipinski definition) is 2. The molecule has 2 nitrogen and oxygen atoms in total. The smallest absolute Gasteiger partial charge is 0.0952 e. The van der Waals surface area contributed by atoms with E-state index in [-0.39, 0.29) is 6.04 Å². The third kappa shape index (κ3) is 2.05. The van der Waals surface area contributed by atoms with E-state index in [1.54, 1.807) is 0 Å². The molecule has 0 heterocycles. The topological polar surface area (TPSA) is 29.4 Å². The fraction of sp³-hybridized carbons (Fsp3) is 1.00. The van der Waals surface area contributed by atoms with Crippen LogP contribution >= 0.6 is 0 Å². The molecule has 0 saturated heterocycles. The minimum absolute atomic E-state index is 0.0914. The second-order valence-corrected chi connectivity index (χ2v) is 4.50. The normalized spacial score (nSPS) is 36.8. The first-order valence-corrected chi connectivity index (χ1v) is 4.97. The van der Waals surface area contributed by atoms with Crippen LogP contribution in [0.1, 0.15) is 40.0 Å². The van der Waals surface area contributed by atoms with E-state index in [1.165, 1.54) is 12.8 Å². The lowest BCUT2D eigenvalue weighted by atomic mass is 9.74. The zero-order valence-electron chi connectivity index (χ0n) is 8.29. The van der Waals surface area contributed by atoms with Crippen LogP contribution in [0.5, 0.6) is 0 Å². The molecular formula is C10H19NO. The molecule has 3 atom stereocenters. The highest BCUT2D eigenvalue weighted by Gasteiger charge is 2.31. The zero-order valence-corrected chi connectivity index (χ0v) is 8.29. The molecule has 0 aromatic heterocycles. The highest BCUT2D eigenvalue weighted by atomic mass is 16.3. The molecule has 2 unspecified atom stereocenters. The van der Waals surface area contributed by atoms with Gasteiger partial charge < -0.3 is 0 Å². The number of hydrogen-bond donors (Lipinski definition) is 0. The lowest BCUT2D eigenvalue weighted by Crippen LogP contribution is -2.30. The first kappa shape index (κ1) is 9.69. The number of rotatable bonds is 2. The Hall–Kier alpha value is -0.400. The molecule has 70 valence electrons. The molecule has 0 bridgehead atoms. The van der Waals surface area contributed by atoms with E-state index in [0.717, 1.165) is 6.42 Å². The maximum atomic E-state index is 10.6. The zero-order chi connectivity index (χ0) is 9.14. The predicted molar refractivity (Wildman–Crippen MR) is 50.9 cm³/mol. The van der Waals surface area contributed by atoms with Gasteiger partial charge in [-0.1, -0.05) is 32.4 Å². The van der Waals surface area contributed by atoms with Crippen molar-refractivity contribution in [2.75, 3.05) is 0 Å². The average molecular weight is 169 g/mol. The third-order valence-corrected chi connectivity index (χ3v) is 3.12. The molecule has 2 heteroatoms. The van der Waals surface area contributed by atoms with E-state index in [0.29, 0.717) is 17.8 Å². The van der Waals surface area contributed by atoms with Gasteiger partial charge in [0.1, 0.15) is 0 Å². The molecule has 0 aliphatic heterocycles. The van der Waals surface area contributed by atoms with E-state index in [9.17, 15) is 4.91 Å². The fourth-order valence-electron chi connectivity index (χ4n) is 2.27. The van der Waals surface area contributed by atoms with Gasteiger partial charge in [-0.25, -0.2) is 0 Å². The van der Waals surface area contributed by atoms with Gasteiger partial charge in [-0.15, -0.1) is 0 Å². The molecule has 0 spiro atoms. The van der Waals surface area contributed by atoms with Crippen LogP contribution in [0.4, 0.5) is 0 Å². The molecular weight excluding hydrogens is 150 g/mol. The first-order chi connectivity index (χ1) is 5.65. The second-order valence-electron chi connectivity index (χ2n) is 4.50. The van der Waals surface area contributed by atoms with Crippen LogP contribution in [0.2, 0.25) is 0 Å². The van der Waals surface area contributed by atoms with Crippen LogP contribution in [-0.4, -0.2) is 6.04 Å². The van der Waals surface area contributed by atoms with E-state index in [1.807, 2.05) is 0 Å². The Bertz CT molecular complexity index is 156. The maximum absolute atomic E-state index is 10.6. The van der Waals surface area contributed by atoms with Gasteiger partial charge >= 0.3 is 0 Å². The Balaban J connectivity index is 2.56. The van der Waals surface area contributed by atoms with E-state index in [4.69, 9.17) is 0 Å². The van der Waals surface area contributed by atoms with Crippen LogP contribution in [0.15, 0.2) is 5.18 Å². The molecule has 1 aliphatic carbocycles. The van der Waals surface area contributed by atoms with Crippen LogP contribution in [-0.2, 0) is 0 Å². The minimum atomic E-state index is 0.0914. The summed E-state index contributed by atoms with van der Waals surface area (Å²) in [6, 6.07) is 0.0914. The highest BCUT2D eigenvalue weighted by Crippen LogP contribution is 2.34. The van der Waals surface area contributed by atoms with Gasteiger partial charge in [0.05, 0.1) is 6.04 Å². The number of nitrogens with zero attached hydrogens (tertiary/aromatic N) is 1. The molecule has 1 saturated carbocycles. The Morgan fingerprint density at radius 2 is 2.00 bits per heavy atom. The van der Waals surface area contributed by atoms with E-state index >= 15 is 0 Å². The largest absolute Gasteiger partial charge is 0.151 e. The summed E-state index contributed by atoms with van der Waals surface area (Å²) in [5, 5.41) is 3.25. The quantitative estimate of drug-likeness (QED) is 0.583. The molecule has 1 fully saturated rings. The Labute approximate surface area is 74.7 Å². The van der Waals surface area contributed by atoms with Crippen molar-refractivity contribution in [3.05, 3.63) is 4.91 Å². The van der Waals surface area contributed by atoms with E-state index < -0.39 is 0 Å². The summed E-state index contributed by atoms with van der Waals surface area (Å²) in [6.45, 7) is 6.60. The maximum Gasteiger partial charge on any atom is 0.0952 e. The number of nitroso groups, excluding NO2 is 1. The van der Waals surface area contributed by atoms with Crippen molar-refractivity contribution in [3.8, 4) is 0 Å². The SMILES string of the molecule is CC(C)C1CC[C@H](C)CC1N=O. The minimum Gasteiger partial charge on any atom is -0.151 e. The van der Waals surface area contributed by atoms with Crippen molar-refractivity contribution in [2.45, 2.75) is 46.1 Å².